The number of urea groups is 1. The zero-order chi connectivity index (χ0) is 43.5. The van der Waals surface area contributed by atoms with Gasteiger partial charge in [0.1, 0.15) is 18.0 Å². The molecule has 1 aromatic carbocycles. The first kappa shape index (κ1) is 42.4. The summed E-state index contributed by atoms with van der Waals surface area (Å²) in [5.74, 6) is 1.78. The van der Waals surface area contributed by atoms with E-state index in [0.29, 0.717) is 37.7 Å². The number of esters is 1. The molecule has 0 bridgehead atoms. The summed E-state index contributed by atoms with van der Waals surface area (Å²) in [5.41, 5.74) is 2.99. The van der Waals surface area contributed by atoms with E-state index in [0.717, 1.165) is 86.9 Å². The molecule has 1 aromatic heterocycles. The number of fused-ring (bicyclic) bond motifs is 7. The first-order valence-electron chi connectivity index (χ1n) is 23.6. The molecule has 10 nitrogen and oxygen atoms in total. The molecule has 0 unspecified atom stereocenters. The van der Waals surface area contributed by atoms with Crippen molar-refractivity contribution in [2.75, 3.05) is 6.54 Å². The lowest BCUT2D eigenvalue weighted by molar-refractivity contribution is -0.236. The third-order valence-electron chi connectivity index (χ3n) is 19.2. The molecule has 7 aliphatic rings. The molecule has 2 aromatic rings. The van der Waals surface area contributed by atoms with E-state index in [2.05, 4.69) is 70.9 Å². The number of hydrogen-bond acceptors (Lipinski definition) is 7. The number of Topliss-reactive ketones (excluding diaryl/α,β-unsaturated/α-hetero) is 1. The Bertz CT molecular complexity index is 2120. The van der Waals surface area contributed by atoms with Crippen molar-refractivity contribution in [2.45, 2.75) is 163 Å². The number of nitrogens with one attached hydrogen (secondary N) is 2. The molecule has 1 saturated heterocycles. The van der Waals surface area contributed by atoms with Gasteiger partial charge in [0.2, 0.25) is 0 Å². The van der Waals surface area contributed by atoms with Crippen LogP contribution in [0.5, 0.6) is 0 Å². The van der Waals surface area contributed by atoms with Crippen LogP contribution in [0.1, 0.15) is 151 Å². The lowest BCUT2D eigenvalue weighted by Gasteiger charge is -2.72. The molecular formula is C51H70N4O6. The fourth-order valence-electron chi connectivity index (χ4n) is 15.6. The summed E-state index contributed by atoms with van der Waals surface area (Å²) in [6.45, 7) is 21.8. The Morgan fingerprint density at radius 1 is 0.885 bits per heavy atom. The van der Waals surface area contributed by atoms with Gasteiger partial charge in [-0.15, -0.1) is 0 Å². The number of amides is 2. The van der Waals surface area contributed by atoms with E-state index in [-0.39, 0.29) is 75.4 Å². The molecule has 61 heavy (non-hydrogen) atoms. The first-order valence-corrected chi connectivity index (χ1v) is 23.6. The molecule has 1 aliphatic heterocycles. The van der Waals surface area contributed by atoms with Gasteiger partial charge in [-0.3, -0.25) is 14.4 Å². The van der Waals surface area contributed by atoms with Crippen molar-refractivity contribution in [2.24, 2.45) is 56.7 Å². The molecule has 2 heterocycles. The fourth-order valence-corrected chi connectivity index (χ4v) is 15.6. The van der Waals surface area contributed by atoms with Gasteiger partial charge in [-0.05, 0) is 127 Å². The number of ketones is 1. The molecule has 11 atom stereocenters. The average molecular weight is 835 g/mol. The van der Waals surface area contributed by atoms with Gasteiger partial charge < -0.3 is 24.7 Å². The lowest BCUT2D eigenvalue weighted by Crippen LogP contribution is -2.67. The molecule has 6 fully saturated rings. The highest BCUT2D eigenvalue weighted by Crippen LogP contribution is 2.76. The Labute approximate surface area is 363 Å². The van der Waals surface area contributed by atoms with Gasteiger partial charge in [-0.2, -0.15) is 0 Å². The van der Waals surface area contributed by atoms with Gasteiger partial charge in [0, 0.05) is 23.8 Å². The summed E-state index contributed by atoms with van der Waals surface area (Å²) in [5, 5.41) is 3.64. The molecule has 0 spiro atoms. The number of ether oxygens (including phenoxy) is 2. The molecule has 10 heteroatoms. The van der Waals surface area contributed by atoms with Gasteiger partial charge in [-0.1, -0.05) is 92.6 Å². The minimum Gasteiger partial charge on any atom is -0.464 e. The first-order chi connectivity index (χ1) is 28.8. The predicted molar refractivity (Wildman–Crippen MR) is 234 cm³/mol. The number of likely N-dealkylation sites (tertiary alicyclic amines) is 1. The summed E-state index contributed by atoms with van der Waals surface area (Å²) < 4.78 is 11.8. The second-order valence-electron chi connectivity index (χ2n) is 22.7. The maximum absolute atomic E-state index is 14.7. The number of imidazole rings is 1. The number of nitrogens with zero attached hydrogens (tertiary/aromatic N) is 2. The van der Waals surface area contributed by atoms with E-state index in [9.17, 15) is 19.2 Å². The Morgan fingerprint density at radius 2 is 1.64 bits per heavy atom. The maximum Gasteiger partial charge on any atom is 0.318 e. The molecule has 0 radical (unpaired) electrons. The number of carbonyl (C=O) groups is 4. The van der Waals surface area contributed by atoms with E-state index in [1.54, 1.807) is 0 Å². The minimum absolute atomic E-state index is 0.0387. The number of benzene rings is 1. The minimum atomic E-state index is -0.675. The molecule has 5 saturated carbocycles. The Balaban J connectivity index is 0.959. The van der Waals surface area contributed by atoms with Crippen LogP contribution in [0, 0.1) is 56.7 Å². The topological polar surface area (TPSA) is 131 Å². The van der Waals surface area contributed by atoms with Crippen LogP contribution in [0.4, 0.5) is 4.79 Å². The molecular weight excluding hydrogens is 765 g/mol. The normalized spacial score (nSPS) is 39.7. The monoisotopic (exact) mass is 835 g/mol. The summed E-state index contributed by atoms with van der Waals surface area (Å²) >= 11 is 0. The standard InChI is InChI=1S/C51H70N4O6/c1-30(2)41-36(57)27-51(54-45(59)55-25-13-16-35(55)43-52-28-34(53-43)31-14-11-10-12-15-31)24-23-49(8)32(42(41)51)17-18-38-48(7)21-20-39(47(5,6)37(48)19-22-50(38,49)9)61-44(58)33-26-40(60-29-56)46(33,3)4/h10-12,14-15,28-30,32-33,35,37-40H,13,16-27H2,1-9H3,(H,52,53)(H,54,59)/t32-,33-,35+,37+,38-,39+,40-,48+,49-,50-,51-/m1/s1. The van der Waals surface area contributed by atoms with Crippen molar-refractivity contribution in [1.29, 1.82) is 0 Å². The maximum atomic E-state index is 14.7. The van der Waals surface area contributed by atoms with Crippen molar-refractivity contribution in [1.82, 2.24) is 20.2 Å². The van der Waals surface area contributed by atoms with Crippen LogP contribution in [0.15, 0.2) is 47.7 Å². The van der Waals surface area contributed by atoms with Crippen molar-refractivity contribution < 1.29 is 28.7 Å². The van der Waals surface area contributed by atoms with E-state index in [4.69, 9.17) is 14.5 Å². The van der Waals surface area contributed by atoms with Crippen LogP contribution in [-0.2, 0) is 23.9 Å². The Kier molecular flexibility index (Phi) is 10.1. The Morgan fingerprint density at radius 3 is 2.34 bits per heavy atom. The fraction of sp³-hybridized carbons (Fsp3) is 0.706. The number of H-pyrrole nitrogens is 1. The number of rotatable bonds is 8. The third kappa shape index (κ3) is 6.16. The number of allylic oxidation sites excluding steroid dienone is 1. The zero-order valence-corrected chi connectivity index (χ0v) is 38.2. The molecule has 2 N–H and O–H groups in total. The molecule has 2 amide bonds. The summed E-state index contributed by atoms with van der Waals surface area (Å²) in [6, 6.07) is 9.95. The second kappa shape index (κ2) is 14.5. The van der Waals surface area contributed by atoms with Gasteiger partial charge in [0.05, 0.1) is 29.4 Å². The zero-order valence-electron chi connectivity index (χ0n) is 38.2. The summed E-state index contributed by atoms with van der Waals surface area (Å²) in [4.78, 5) is 64.1. The second-order valence-corrected chi connectivity index (χ2v) is 22.7. The van der Waals surface area contributed by atoms with Crippen molar-refractivity contribution in [3.8, 4) is 11.3 Å². The summed E-state index contributed by atoms with van der Waals surface area (Å²) in [6.07, 6.45) is 11.9. The van der Waals surface area contributed by atoms with Crippen molar-refractivity contribution in [3.05, 3.63) is 53.5 Å². The Hall–Kier alpha value is -3.95. The van der Waals surface area contributed by atoms with Crippen LogP contribution in [-0.4, -0.2) is 63.4 Å². The van der Waals surface area contributed by atoms with Gasteiger partial charge in [0.25, 0.3) is 6.47 Å². The molecule has 9 rings (SSSR count). The highest BCUT2D eigenvalue weighted by Gasteiger charge is 2.70. The highest BCUT2D eigenvalue weighted by atomic mass is 16.6. The number of aromatic amines is 1. The van der Waals surface area contributed by atoms with E-state index in [1.165, 1.54) is 5.57 Å². The van der Waals surface area contributed by atoms with Crippen LogP contribution < -0.4 is 5.32 Å². The highest BCUT2D eigenvalue weighted by molar-refractivity contribution is 6.02. The van der Waals surface area contributed by atoms with Crippen molar-refractivity contribution >= 4 is 24.3 Å². The van der Waals surface area contributed by atoms with Crippen LogP contribution in [0.2, 0.25) is 0 Å². The number of hydrogen-bond donors (Lipinski definition) is 2. The number of aromatic nitrogens is 2. The average Bonchev–Trinajstić information content (AvgIpc) is 3.96. The van der Waals surface area contributed by atoms with Gasteiger partial charge in [-0.25, -0.2) is 9.78 Å². The largest absolute Gasteiger partial charge is 0.464 e. The van der Waals surface area contributed by atoms with Crippen molar-refractivity contribution in [3.63, 3.8) is 0 Å². The number of carbonyl (C=O) groups excluding carboxylic acids is 4. The van der Waals surface area contributed by atoms with Crippen LogP contribution >= 0.6 is 0 Å². The van der Waals surface area contributed by atoms with Crippen LogP contribution in [0.25, 0.3) is 11.3 Å². The van der Waals surface area contributed by atoms with E-state index < -0.39 is 11.0 Å². The van der Waals surface area contributed by atoms with Gasteiger partial charge in [0.15, 0.2) is 5.78 Å². The lowest BCUT2D eigenvalue weighted by atomic mass is 9.33. The molecule has 6 aliphatic carbocycles. The third-order valence-corrected chi connectivity index (χ3v) is 19.2. The molecule has 330 valence electrons. The quantitative estimate of drug-likeness (QED) is 0.200. The summed E-state index contributed by atoms with van der Waals surface area (Å²) in [7, 11) is 0. The van der Waals surface area contributed by atoms with E-state index in [1.807, 2.05) is 43.1 Å². The predicted octanol–water partition coefficient (Wildman–Crippen LogP) is 10.2. The smallest absolute Gasteiger partial charge is 0.318 e. The van der Waals surface area contributed by atoms with Crippen LogP contribution in [0.3, 0.4) is 0 Å². The van der Waals surface area contributed by atoms with Gasteiger partial charge >= 0.3 is 12.0 Å². The van der Waals surface area contributed by atoms with E-state index >= 15 is 0 Å². The SMILES string of the molecule is CC(C)C1=C2[C@H]3CC[C@@H]4[C@@]5(C)CC[C@H](OC(=O)[C@H]6C[C@@H](OC=O)C6(C)C)C(C)(C)[C@@H]5CC[C@@]4(C)[C@]3(C)CC[C@@]2(NC(=O)N2CCC[C@H]2c2ncc(-c3ccccc3)[nH]2)CC1=O.